The monoisotopic (exact) mass is 153 g/mol. The Balaban J connectivity index is 0. The van der Waals surface area contributed by atoms with Crippen molar-refractivity contribution in [1.82, 2.24) is 0 Å². The zero-order chi connectivity index (χ0) is 5.21. The standard InChI is InChI=1S/CH4ClO3P.Na/c2-1-6(3,4)5;/h1H2,(H2,3,4,5);. The van der Waals surface area contributed by atoms with Crippen molar-refractivity contribution in [1.29, 1.82) is 0 Å². The van der Waals surface area contributed by atoms with Crippen LogP contribution in [0.3, 0.4) is 0 Å². The molecule has 0 atom stereocenters. The number of halogens is 1. The van der Waals surface area contributed by atoms with Gasteiger partial charge in [-0.3, -0.25) is 4.57 Å². The molecule has 0 aromatic rings. The molecule has 0 aliphatic heterocycles. The van der Waals surface area contributed by atoms with E-state index in [2.05, 4.69) is 0 Å². The minimum Gasteiger partial charge on any atom is -0.324 e. The van der Waals surface area contributed by atoms with Crippen molar-refractivity contribution in [3.05, 3.63) is 0 Å². The molecule has 7 heavy (non-hydrogen) atoms. The Labute approximate surface area is 68.5 Å². The fourth-order valence-corrected chi connectivity index (χ4v) is 0. The van der Waals surface area contributed by atoms with Gasteiger partial charge in [-0.2, -0.15) is 0 Å². The van der Waals surface area contributed by atoms with Gasteiger partial charge >= 0.3 is 7.60 Å². The first kappa shape index (κ1) is 11.3. The van der Waals surface area contributed by atoms with Crippen molar-refractivity contribution in [2.45, 2.75) is 0 Å². The van der Waals surface area contributed by atoms with Crippen LogP contribution in [0.5, 0.6) is 0 Å². The van der Waals surface area contributed by atoms with Crippen molar-refractivity contribution in [2.75, 3.05) is 5.62 Å². The fraction of sp³-hybridized carbons (Fsp3) is 1.00. The van der Waals surface area contributed by atoms with E-state index in [1.54, 1.807) is 0 Å². The van der Waals surface area contributed by atoms with E-state index < -0.39 is 13.2 Å². The molecule has 0 saturated heterocycles. The van der Waals surface area contributed by atoms with Crippen LogP contribution in [0.1, 0.15) is 0 Å². The average Bonchev–Trinajstić information content (AvgIpc) is 1.35. The quantitative estimate of drug-likeness (QED) is 0.316. The first-order valence-electron chi connectivity index (χ1n) is 1.17. The topological polar surface area (TPSA) is 57.5 Å². The third-order valence-electron chi connectivity index (χ3n) is 0.156. The van der Waals surface area contributed by atoms with Gasteiger partial charge in [-0.25, -0.2) is 0 Å². The predicted octanol–water partition coefficient (Wildman–Crippen LogP) is -0.0204. The second-order valence-electron chi connectivity index (χ2n) is 0.784. The van der Waals surface area contributed by atoms with E-state index in [-0.39, 0.29) is 29.6 Å². The van der Waals surface area contributed by atoms with Crippen molar-refractivity contribution < 1.29 is 14.4 Å². The molecule has 0 unspecified atom stereocenters. The molecule has 0 aromatic heterocycles. The summed E-state index contributed by atoms with van der Waals surface area (Å²) in [7, 11) is -3.88. The summed E-state index contributed by atoms with van der Waals surface area (Å²) in [6.45, 7) is 0. The van der Waals surface area contributed by atoms with Crippen molar-refractivity contribution in [3.8, 4) is 0 Å². The molecule has 0 amide bonds. The van der Waals surface area contributed by atoms with E-state index in [0.717, 1.165) is 0 Å². The smallest absolute Gasteiger partial charge is 0.324 e. The normalized spacial score (nSPS) is 10.1. The van der Waals surface area contributed by atoms with Gasteiger partial charge in [0.1, 0.15) is 5.62 Å². The summed E-state index contributed by atoms with van der Waals surface area (Å²) < 4.78 is 9.56. The van der Waals surface area contributed by atoms with Gasteiger partial charge in [0.25, 0.3) is 0 Å². The molecule has 0 aliphatic carbocycles. The molecule has 0 saturated carbocycles. The van der Waals surface area contributed by atoms with Gasteiger partial charge in [0.15, 0.2) is 0 Å². The minimum absolute atomic E-state index is 0. The molecular weight excluding hydrogens is 149 g/mol. The molecule has 1 radical (unpaired) electrons. The number of alkyl halides is 1. The molecule has 0 spiro atoms. The van der Waals surface area contributed by atoms with Crippen LogP contribution in [-0.2, 0) is 4.57 Å². The second-order valence-corrected chi connectivity index (χ2v) is 3.07. The van der Waals surface area contributed by atoms with Gasteiger partial charge in [-0.05, 0) is 0 Å². The fourth-order valence-electron chi connectivity index (χ4n) is 0. The first-order valence-corrected chi connectivity index (χ1v) is 3.50. The largest absolute Gasteiger partial charge is 0.340 e. The first-order chi connectivity index (χ1) is 2.56. The Morgan fingerprint density at radius 3 is 1.71 bits per heavy atom. The molecule has 0 rings (SSSR count). The van der Waals surface area contributed by atoms with Crippen LogP contribution in [-0.4, -0.2) is 45.0 Å². The Kier molecular flexibility index (Phi) is 6.97. The minimum atomic E-state index is -3.88. The summed E-state index contributed by atoms with van der Waals surface area (Å²) in [5.74, 6) is 0. The predicted molar refractivity (Wildman–Crippen MR) is 28.5 cm³/mol. The van der Waals surface area contributed by atoms with Crippen LogP contribution in [0.25, 0.3) is 0 Å². The maximum Gasteiger partial charge on any atom is 0.340 e. The van der Waals surface area contributed by atoms with E-state index in [1.807, 2.05) is 0 Å². The van der Waals surface area contributed by atoms with Gasteiger partial charge in [0.2, 0.25) is 0 Å². The van der Waals surface area contributed by atoms with Gasteiger partial charge in [0, 0.05) is 29.6 Å². The van der Waals surface area contributed by atoms with Gasteiger partial charge < -0.3 is 9.79 Å². The third kappa shape index (κ3) is 11.2. The Morgan fingerprint density at radius 2 is 1.71 bits per heavy atom. The number of hydrogen-bond acceptors (Lipinski definition) is 1. The Morgan fingerprint density at radius 1 is 1.57 bits per heavy atom. The summed E-state index contributed by atoms with van der Waals surface area (Å²) in [5, 5.41) is 0. The van der Waals surface area contributed by atoms with Crippen LogP contribution < -0.4 is 0 Å². The van der Waals surface area contributed by atoms with E-state index in [4.69, 9.17) is 21.4 Å². The molecule has 3 nitrogen and oxygen atoms in total. The molecule has 0 aromatic carbocycles. The second kappa shape index (κ2) is 4.33. The summed E-state index contributed by atoms with van der Waals surface area (Å²) in [4.78, 5) is 15.6. The summed E-state index contributed by atoms with van der Waals surface area (Å²) in [5.41, 5.74) is -0.590. The molecule has 0 heterocycles. The van der Waals surface area contributed by atoms with Gasteiger partial charge in [0.05, 0.1) is 0 Å². The van der Waals surface area contributed by atoms with Gasteiger partial charge in [-0.1, -0.05) is 0 Å². The van der Waals surface area contributed by atoms with E-state index in [9.17, 15) is 4.57 Å². The summed E-state index contributed by atoms with van der Waals surface area (Å²) in [6.07, 6.45) is 0. The van der Waals surface area contributed by atoms with Crippen molar-refractivity contribution in [2.24, 2.45) is 0 Å². The number of rotatable bonds is 1. The van der Waals surface area contributed by atoms with E-state index in [0.29, 0.717) is 0 Å². The molecule has 39 valence electrons. The van der Waals surface area contributed by atoms with Crippen molar-refractivity contribution in [3.63, 3.8) is 0 Å². The van der Waals surface area contributed by atoms with Crippen LogP contribution in [0, 0.1) is 0 Å². The molecule has 0 bridgehead atoms. The number of hydrogen-bond donors (Lipinski definition) is 2. The zero-order valence-electron chi connectivity index (χ0n) is 3.83. The molecule has 2 N–H and O–H groups in total. The third-order valence-corrected chi connectivity index (χ3v) is 1.40. The molecule has 0 aliphatic rings. The van der Waals surface area contributed by atoms with Crippen LogP contribution in [0.2, 0.25) is 0 Å². The average molecular weight is 153 g/mol. The Bertz CT molecular complexity index is 79.0. The van der Waals surface area contributed by atoms with E-state index >= 15 is 0 Å². The van der Waals surface area contributed by atoms with Crippen LogP contribution in [0.15, 0.2) is 0 Å². The van der Waals surface area contributed by atoms with Gasteiger partial charge in [-0.15, -0.1) is 11.6 Å². The van der Waals surface area contributed by atoms with Crippen LogP contribution >= 0.6 is 19.2 Å². The zero-order valence-corrected chi connectivity index (χ0v) is 7.49. The molecule has 0 fully saturated rings. The van der Waals surface area contributed by atoms with E-state index in [1.165, 1.54) is 0 Å². The Hall–Kier alpha value is 1.44. The SMILES string of the molecule is O=P(O)(O)CCl.[Na]. The molecule has 6 heteroatoms. The summed E-state index contributed by atoms with van der Waals surface area (Å²) in [6, 6.07) is 0. The summed E-state index contributed by atoms with van der Waals surface area (Å²) >= 11 is 4.71. The van der Waals surface area contributed by atoms with Crippen LogP contribution in [0.4, 0.5) is 0 Å². The maximum atomic E-state index is 9.56. The maximum absolute atomic E-state index is 9.56. The van der Waals surface area contributed by atoms with Crippen molar-refractivity contribution >= 4 is 48.8 Å². The molecular formula is CH4ClNaO3P.